The van der Waals surface area contributed by atoms with Crippen LogP contribution in [0.2, 0.25) is 0 Å². The van der Waals surface area contributed by atoms with Gasteiger partial charge in [0, 0.05) is 5.92 Å². The summed E-state index contributed by atoms with van der Waals surface area (Å²) >= 11 is 0. The standard InChI is InChI=1S/C22H22FNO/c23-22-12-5-4-11-21(22)19(15-24)13-18-9-6-10-20(14-18)25-16-17-7-2-1-3-8-17/h1-12,14,19H,13,15-16,24H2. The minimum Gasteiger partial charge on any atom is -0.489 e. The van der Waals surface area contributed by atoms with Crippen LogP contribution in [0.3, 0.4) is 0 Å². The number of hydrogen-bond donors (Lipinski definition) is 1. The van der Waals surface area contributed by atoms with Gasteiger partial charge in [0.1, 0.15) is 18.2 Å². The van der Waals surface area contributed by atoms with Crippen LogP contribution in [-0.2, 0) is 13.0 Å². The minimum absolute atomic E-state index is 0.0504. The van der Waals surface area contributed by atoms with Crippen molar-refractivity contribution < 1.29 is 9.13 Å². The van der Waals surface area contributed by atoms with E-state index in [1.54, 1.807) is 6.07 Å². The molecule has 3 aromatic rings. The molecule has 0 saturated carbocycles. The highest BCUT2D eigenvalue weighted by atomic mass is 19.1. The SMILES string of the molecule is NCC(Cc1cccc(OCc2ccccc2)c1)c1ccccc1F. The fraction of sp³-hybridized carbons (Fsp3) is 0.182. The fourth-order valence-electron chi connectivity index (χ4n) is 2.91. The van der Waals surface area contributed by atoms with Crippen LogP contribution >= 0.6 is 0 Å². The van der Waals surface area contributed by atoms with Crippen molar-refractivity contribution in [3.8, 4) is 5.75 Å². The number of halogens is 1. The number of nitrogens with two attached hydrogens (primary N) is 1. The van der Waals surface area contributed by atoms with E-state index in [0.717, 1.165) is 16.9 Å². The average Bonchev–Trinajstić information content (AvgIpc) is 2.66. The van der Waals surface area contributed by atoms with Gasteiger partial charge in [-0.2, -0.15) is 0 Å². The molecule has 0 aromatic heterocycles. The summed E-state index contributed by atoms with van der Waals surface area (Å²) in [6.07, 6.45) is 0.681. The van der Waals surface area contributed by atoms with E-state index in [1.807, 2.05) is 66.7 Å². The first-order valence-electron chi connectivity index (χ1n) is 8.46. The molecule has 0 amide bonds. The average molecular weight is 335 g/mol. The molecule has 25 heavy (non-hydrogen) atoms. The van der Waals surface area contributed by atoms with Gasteiger partial charge in [0.25, 0.3) is 0 Å². The molecule has 0 aliphatic rings. The first-order chi connectivity index (χ1) is 12.3. The van der Waals surface area contributed by atoms with E-state index in [4.69, 9.17) is 10.5 Å². The maximum Gasteiger partial charge on any atom is 0.126 e. The molecule has 2 N–H and O–H groups in total. The van der Waals surface area contributed by atoms with E-state index >= 15 is 0 Å². The lowest BCUT2D eigenvalue weighted by molar-refractivity contribution is 0.306. The molecule has 128 valence electrons. The van der Waals surface area contributed by atoms with Crippen LogP contribution in [0.5, 0.6) is 5.75 Å². The van der Waals surface area contributed by atoms with Crippen LogP contribution in [0.1, 0.15) is 22.6 Å². The van der Waals surface area contributed by atoms with Crippen molar-refractivity contribution in [3.05, 3.63) is 101 Å². The summed E-state index contributed by atoms with van der Waals surface area (Å²) in [6, 6.07) is 24.8. The molecule has 0 spiro atoms. The van der Waals surface area contributed by atoms with Gasteiger partial charge in [-0.1, -0.05) is 60.7 Å². The Morgan fingerprint density at radius 2 is 1.56 bits per heavy atom. The zero-order valence-electron chi connectivity index (χ0n) is 14.1. The van der Waals surface area contributed by atoms with Crippen LogP contribution in [0.15, 0.2) is 78.9 Å². The van der Waals surface area contributed by atoms with Gasteiger partial charge in [-0.25, -0.2) is 4.39 Å². The summed E-state index contributed by atoms with van der Waals surface area (Å²) in [5.41, 5.74) is 8.78. The van der Waals surface area contributed by atoms with Crippen LogP contribution < -0.4 is 10.5 Å². The molecule has 3 aromatic carbocycles. The summed E-state index contributed by atoms with van der Waals surface area (Å²) < 4.78 is 19.9. The summed E-state index contributed by atoms with van der Waals surface area (Å²) in [4.78, 5) is 0. The number of benzene rings is 3. The molecule has 1 unspecified atom stereocenters. The Bertz CT molecular complexity index is 804. The van der Waals surface area contributed by atoms with Gasteiger partial charge in [0.2, 0.25) is 0 Å². The van der Waals surface area contributed by atoms with E-state index in [9.17, 15) is 4.39 Å². The van der Waals surface area contributed by atoms with Crippen LogP contribution in [-0.4, -0.2) is 6.54 Å². The zero-order valence-corrected chi connectivity index (χ0v) is 14.1. The van der Waals surface area contributed by atoms with E-state index < -0.39 is 0 Å². The molecule has 0 saturated heterocycles. The van der Waals surface area contributed by atoms with Gasteiger partial charge in [0.05, 0.1) is 0 Å². The van der Waals surface area contributed by atoms with E-state index in [1.165, 1.54) is 6.07 Å². The van der Waals surface area contributed by atoms with Crippen LogP contribution in [0.4, 0.5) is 4.39 Å². The van der Waals surface area contributed by atoms with Crippen molar-refractivity contribution in [2.75, 3.05) is 6.54 Å². The Balaban J connectivity index is 1.69. The molecule has 1 atom stereocenters. The minimum atomic E-state index is -0.200. The molecule has 0 radical (unpaired) electrons. The second kappa shape index (κ2) is 8.45. The largest absolute Gasteiger partial charge is 0.489 e. The number of rotatable bonds is 7. The maximum atomic E-state index is 14.0. The molecule has 0 bridgehead atoms. The van der Waals surface area contributed by atoms with Crippen molar-refractivity contribution in [2.45, 2.75) is 18.9 Å². The smallest absolute Gasteiger partial charge is 0.126 e. The third kappa shape index (κ3) is 4.68. The first-order valence-corrected chi connectivity index (χ1v) is 8.46. The Kier molecular flexibility index (Phi) is 5.81. The molecule has 3 rings (SSSR count). The summed E-state index contributed by atoms with van der Waals surface area (Å²) in [6.45, 7) is 0.925. The molecule has 0 fully saturated rings. The second-order valence-electron chi connectivity index (χ2n) is 6.08. The first kappa shape index (κ1) is 17.2. The van der Waals surface area contributed by atoms with Crippen molar-refractivity contribution in [2.24, 2.45) is 5.73 Å². The summed E-state index contributed by atoms with van der Waals surface area (Å²) in [7, 11) is 0. The fourth-order valence-corrected chi connectivity index (χ4v) is 2.91. The highest BCUT2D eigenvalue weighted by molar-refractivity contribution is 5.32. The topological polar surface area (TPSA) is 35.2 Å². The lowest BCUT2D eigenvalue weighted by Crippen LogP contribution is -2.16. The Labute approximate surface area is 148 Å². The summed E-state index contributed by atoms with van der Waals surface area (Å²) in [5.74, 6) is 0.561. The third-order valence-corrected chi connectivity index (χ3v) is 4.26. The lowest BCUT2D eigenvalue weighted by atomic mass is 9.91. The van der Waals surface area contributed by atoms with Gasteiger partial charge in [-0.05, 0) is 47.9 Å². The van der Waals surface area contributed by atoms with E-state index in [2.05, 4.69) is 0 Å². The summed E-state index contributed by atoms with van der Waals surface area (Å²) in [5, 5.41) is 0. The van der Waals surface area contributed by atoms with Crippen molar-refractivity contribution in [1.29, 1.82) is 0 Å². The van der Waals surface area contributed by atoms with Gasteiger partial charge in [-0.15, -0.1) is 0 Å². The van der Waals surface area contributed by atoms with Crippen molar-refractivity contribution in [1.82, 2.24) is 0 Å². The van der Waals surface area contributed by atoms with E-state index in [-0.39, 0.29) is 11.7 Å². The highest BCUT2D eigenvalue weighted by Gasteiger charge is 2.15. The van der Waals surface area contributed by atoms with Gasteiger partial charge < -0.3 is 10.5 Å². The lowest BCUT2D eigenvalue weighted by Gasteiger charge is -2.17. The van der Waals surface area contributed by atoms with Crippen LogP contribution in [0.25, 0.3) is 0 Å². The van der Waals surface area contributed by atoms with Crippen molar-refractivity contribution in [3.63, 3.8) is 0 Å². The molecule has 0 heterocycles. The maximum absolute atomic E-state index is 14.0. The van der Waals surface area contributed by atoms with Gasteiger partial charge >= 0.3 is 0 Å². The zero-order chi connectivity index (χ0) is 17.5. The van der Waals surface area contributed by atoms with Crippen LogP contribution in [0, 0.1) is 5.82 Å². The highest BCUT2D eigenvalue weighted by Crippen LogP contribution is 2.24. The molecular formula is C22H22FNO. The quantitative estimate of drug-likeness (QED) is 0.680. The van der Waals surface area contributed by atoms with Gasteiger partial charge in [0.15, 0.2) is 0 Å². The number of hydrogen-bond acceptors (Lipinski definition) is 2. The molecule has 2 nitrogen and oxygen atoms in total. The van der Waals surface area contributed by atoms with Gasteiger partial charge in [-0.3, -0.25) is 0 Å². The van der Waals surface area contributed by atoms with E-state index in [0.29, 0.717) is 25.1 Å². The predicted octanol–water partition coefficient (Wildman–Crippen LogP) is 4.69. The molecule has 0 aliphatic carbocycles. The second-order valence-corrected chi connectivity index (χ2v) is 6.08. The normalized spacial score (nSPS) is 11.9. The molecular weight excluding hydrogens is 313 g/mol. The third-order valence-electron chi connectivity index (χ3n) is 4.26. The number of ether oxygens (including phenoxy) is 1. The van der Waals surface area contributed by atoms with Crippen molar-refractivity contribution >= 4 is 0 Å². The molecule has 0 aliphatic heterocycles. The monoisotopic (exact) mass is 335 g/mol. The Morgan fingerprint density at radius 1 is 0.840 bits per heavy atom. The Morgan fingerprint density at radius 3 is 2.32 bits per heavy atom. The molecule has 3 heteroatoms. The predicted molar refractivity (Wildman–Crippen MR) is 99.1 cm³/mol. The Hall–Kier alpha value is -2.65.